The smallest absolute Gasteiger partial charge is 0.359 e. The molecule has 3 atom stereocenters. The molecule has 1 aromatic rings. The van der Waals surface area contributed by atoms with E-state index in [1.165, 1.54) is 33.6 Å². The van der Waals surface area contributed by atoms with Gasteiger partial charge in [0.05, 0.1) is 28.3 Å². The van der Waals surface area contributed by atoms with Crippen molar-refractivity contribution in [3.63, 3.8) is 0 Å². The lowest BCUT2D eigenvalue weighted by Crippen LogP contribution is -2.50. The van der Waals surface area contributed by atoms with E-state index in [0.717, 1.165) is 0 Å². The van der Waals surface area contributed by atoms with Crippen LogP contribution in [0.2, 0.25) is 5.02 Å². The van der Waals surface area contributed by atoms with Crippen molar-refractivity contribution in [1.29, 1.82) is 5.26 Å². The van der Waals surface area contributed by atoms with Gasteiger partial charge in [-0.2, -0.15) is 22.7 Å². The lowest BCUT2D eigenvalue weighted by molar-refractivity contribution is -0.239. The molecular formula is C20H23ClF3N5O5S. The molecule has 10 nitrogen and oxygen atoms in total. The zero-order valence-electron chi connectivity index (χ0n) is 18.6. The second-order valence-electron chi connectivity index (χ2n) is 8.34. The number of hydrogen-bond donors (Lipinski definition) is 0. The topological polar surface area (TPSA) is 123 Å². The fraction of sp³-hybridized carbons (Fsp3) is 0.600. The van der Waals surface area contributed by atoms with E-state index >= 15 is 0 Å². The molecule has 0 spiro atoms. The maximum Gasteiger partial charge on any atom is 0.492 e. The van der Waals surface area contributed by atoms with Gasteiger partial charge in [0.2, 0.25) is 10.0 Å². The largest absolute Gasteiger partial charge is 0.492 e. The first-order valence-corrected chi connectivity index (χ1v) is 12.5. The predicted octanol–water partition coefficient (Wildman–Crippen LogP) is 3.10. The Bertz CT molecular complexity index is 1070. The molecule has 192 valence electrons. The van der Waals surface area contributed by atoms with Gasteiger partial charge in [-0.3, -0.25) is 5.01 Å². The SMILES string of the molecule is CC(C1CCN(OC(=O)C(F)(F)F)C1C#N)N(N=O)C1CCN(S(=O)(=O)c2ccc(Cl)cc2)CC1. The Kier molecular flexibility index (Phi) is 8.25. The molecule has 0 saturated carbocycles. The van der Waals surface area contributed by atoms with E-state index in [0.29, 0.717) is 10.1 Å². The number of sulfonamides is 1. The molecule has 2 aliphatic heterocycles. The van der Waals surface area contributed by atoms with Gasteiger partial charge in [0, 0.05) is 30.6 Å². The summed E-state index contributed by atoms with van der Waals surface area (Å²) in [5, 5.41) is 14.9. The third kappa shape index (κ3) is 5.85. The summed E-state index contributed by atoms with van der Waals surface area (Å²) >= 11 is 5.82. The minimum atomic E-state index is -5.21. The first kappa shape index (κ1) is 27.1. The van der Waals surface area contributed by atoms with E-state index in [-0.39, 0.29) is 43.8 Å². The molecule has 0 aliphatic carbocycles. The zero-order valence-corrected chi connectivity index (χ0v) is 20.1. The van der Waals surface area contributed by atoms with Crippen LogP contribution in [-0.2, 0) is 19.7 Å². The zero-order chi connectivity index (χ0) is 26.0. The van der Waals surface area contributed by atoms with E-state index in [4.69, 9.17) is 11.6 Å². The number of rotatable bonds is 7. The Hall–Kier alpha value is -2.47. The van der Waals surface area contributed by atoms with Crippen molar-refractivity contribution in [3.05, 3.63) is 34.2 Å². The van der Waals surface area contributed by atoms with Crippen LogP contribution in [0.25, 0.3) is 0 Å². The van der Waals surface area contributed by atoms with Gasteiger partial charge in [-0.15, -0.1) is 9.97 Å². The molecule has 2 heterocycles. The van der Waals surface area contributed by atoms with Crippen molar-refractivity contribution < 1.29 is 31.2 Å². The first-order valence-electron chi connectivity index (χ1n) is 10.7. The molecule has 0 bridgehead atoms. The molecule has 0 aromatic heterocycles. The lowest BCUT2D eigenvalue weighted by atomic mass is 9.91. The number of benzene rings is 1. The molecule has 3 rings (SSSR count). The van der Waals surface area contributed by atoms with Crippen LogP contribution in [0.5, 0.6) is 0 Å². The van der Waals surface area contributed by atoms with Gasteiger partial charge in [-0.1, -0.05) is 11.6 Å². The fourth-order valence-corrected chi connectivity index (χ4v) is 6.08. The molecule has 1 aromatic carbocycles. The Morgan fingerprint density at radius 1 is 1.23 bits per heavy atom. The third-order valence-electron chi connectivity index (χ3n) is 6.34. The number of carbonyl (C=O) groups is 1. The summed E-state index contributed by atoms with van der Waals surface area (Å²) in [5.74, 6) is -3.06. The van der Waals surface area contributed by atoms with Gasteiger partial charge >= 0.3 is 12.1 Å². The Morgan fingerprint density at radius 2 is 1.83 bits per heavy atom. The van der Waals surface area contributed by atoms with E-state index in [2.05, 4.69) is 10.1 Å². The summed E-state index contributed by atoms with van der Waals surface area (Å²) in [6.45, 7) is 1.74. The Balaban J connectivity index is 1.65. The van der Waals surface area contributed by atoms with Crippen molar-refractivity contribution in [1.82, 2.24) is 14.4 Å². The molecule has 0 amide bonds. The quantitative estimate of drug-likeness (QED) is 0.384. The second-order valence-corrected chi connectivity index (χ2v) is 10.7. The first-order chi connectivity index (χ1) is 16.4. The van der Waals surface area contributed by atoms with Crippen LogP contribution in [0.4, 0.5) is 13.2 Å². The maximum absolute atomic E-state index is 12.9. The number of alkyl halides is 3. The van der Waals surface area contributed by atoms with Crippen LogP contribution in [0.1, 0.15) is 26.2 Å². The molecular weight excluding hydrogens is 515 g/mol. The number of halogens is 4. The highest BCUT2D eigenvalue weighted by atomic mass is 35.5. The molecule has 3 unspecified atom stereocenters. The molecule has 0 N–H and O–H groups in total. The highest BCUT2D eigenvalue weighted by molar-refractivity contribution is 7.89. The summed E-state index contributed by atoms with van der Waals surface area (Å²) < 4.78 is 64.7. The van der Waals surface area contributed by atoms with E-state index in [1.807, 2.05) is 6.07 Å². The van der Waals surface area contributed by atoms with Crippen LogP contribution >= 0.6 is 11.6 Å². The van der Waals surface area contributed by atoms with Gasteiger partial charge in [0.1, 0.15) is 6.04 Å². The van der Waals surface area contributed by atoms with Gasteiger partial charge in [0.25, 0.3) is 0 Å². The molecule has 2 fully saturated rings. The molecule has 35 heavy (non-hydrogen) atoms. The van der Waals surface area contributed by atoms with Crippen LogP contribution in [-0.4, -0.2) is 72.7 Å². The normalized spacial score (nSPS) is 23.4. The van der Waals surface area contributed by atoms with Gasteiger partial charge in [-0.05, 0) is 50.5 Å². The summed E-state index contributed by atoms with van der Waals surface area (Å²) in [5.41, 5.74) is 0. The van der Waals surface area contributed by atoms with Crippen molar-refractivity contribution in [2.75, 3.05) is 19.6 Å². The van der Waals surface area contributed by atoms with Gasteiger partial charge in [-0.25, -0.2) is 13.2 Å². The standard InChI is InChI=1S/C20H23ClF3N5O5S/c1-13(17-8-11-28(18(17)12-25)34-19(30)20(22,23)24)29(26-31)15-6-9-27(10-7-15)35(32,33)16-4-2-14(21)3-5-16/h2-5,13,15,17-18H,6-11H2,1H3. The number of hydroxylamine groups is 2. The third-order valence-corrected chi connectivity index (χ3v) is 8.51. The number of nitroso groups, excluding NO2 is 1. The summed E-state index contributed by atoms with van der Waals surface area (Å²) in [6.07, 6.45) is -4.46. The van der Waals surface area contributed by atoms with E-state index < -0.39 is 46.2 Å². The van der Waals surface area contributed by atoms with Crippen molar-refractivity contribution >= 4 is 27.6 Å². The van der Waals surface area contributed by atoms with Crippen LogP contribution < -0.4 is 0 Å². The average molecular weight is 538 g/mol. The number of nitriles is 1. The maximum atomic E-state index is 12.9. The molecule has 15 heteroatoms. The summed E-state index contributed by atoms with van der Waals surface area (Å²) in [4.78, 5) is 27.4. The van der Waals surface area contributed by atoms with Gasteiger partial charge < -0.3 is 4.84 Å². The number of carbonyl (C=O) groups excluding carboxylic acids is 1. The second kappa shape index (κ2) is 10.7. The number of hydrogen-bond acceptors (Lipinski definition) is 8. The Labute approximate surface area is 205 Å². The minimum Gasteiger partial charge on any atom is -0.359 e. The van der Waals surface area contributed by atoms with E-state index in [1.54, 1.807) is 6.92 Å². The monoisotopic (exact) mass is 537 g/mol. The van der Waals surface area contributed by atoms with Crippen LogP contribution in [0.3, 0.4) is 0 Å². The summed E-state index contributed by atoms with van der Waals surface area (Å²) in [6, 6.07) is 5.30. The molecule has 2 aliphatic rings. The van der Waals surface area contributed by atoms with Crippen LogP contribution in [0, 0.1) is 22.2 Å². The molecule has 2 saturated heterocycles. The number of piperidine rings is 1. The minimum absolute atomic E-state index is 0.0930. The highest BCUT2D eigenvalue weighted by Gasteiger charge is 2.48. The van der Waals surface area contributed by atoms with Crippen molar-refractivity contribution in [2.45, 2.75) is 55.4 Å². The molecule has 0 radical (unpaired) electrons. The fourth-order valence-electron chi connectivity index (χ4n) is 4.49. The van der Waals surface area contributed by atoms with Gasteiger partial charge in [0.15, 0.2) is 0 Å². The Morgan fingerprint density at radius 3 is 2.34 bits per heavy atom. The van der Waals surface area contributed by atoms with E-state index in [9.17, 15) is 36.6 Å². The average Bonchev–Trinajstić information content (AvgIpc) is 3.22. The van der Waals surface area contributed by atoms with Crippen molar-refractivity contribution in [2.24, 2.45) is 11.2 Å². The summed E-state index contributed by atoms with van der Waals surface area (Å²) in [7, 11) is -3.76. The highest BCUT2D eigenvalue weighted by Crippen LogP contribution is 2.34. The van der Waals surface area contributed by atoms with Crippen LogP contribution in [0.15, 0.2) is 34.4 Å². The lowest BCUT2D eigenvalue weighted by Gasteiger charge is -2.39. The predicted molar refractivity (Wildman–Crippen MR) is 117 cm³/mol. The van der Waals surface area contributed by atoms with Crippen molar-refractivity contribution in [3.8, 4) is 6.07 Å². The number of nitrogens with zero attached hydrogens (tertiary/aromatic N) is 5.